The van der Waals surface area contributed by atoms with Crippen molar-refractivity contribution < 1.29 is 9.59 Å². The Morgan fingerprint density at radius 3 is 2.83 bits per heavy atom. The molecule has 0 fully saturated rings. The van der Waals surface area contributed by atoms with Crippen LogP contribution in [0.2, 0.25) is 0 Å². The predicted molar refractivity (Wildman–Crippen MR) is 92.6 cm³/mol. The first-order valence-electron chi connectivity index (χ1n) is 7.94. The molecule has 3 nitrogen and oxygen atoms in total. The molecule has 0 saturated heterocycles. The fourth-order valence-corrected chi connectivity index (χ4v) is 4.49. The summed E-state index contributed by atoms with van der Waals surface area (Å²) >= 11 is 1.62. The van der Waals surface area contributed by atoms with E-state index in [0.29, 0.717) is 17.5 Å². The minimum Gasteiger partial charge on any atom is -0.308 e. The number of fused-ring (bicyclic) bond motifs is 2. The summed E-state index contributed by atoms with van der Waals surface area (Å²) < 4.78 is 0. The molecule has 2 heterocycles. The fraction of sp³-hybridized carbons (Fsp3) is 0.263. The van der Waals surface area contributed by atoms with Gasteiger partial charge >= 0.3 is 0 Å². The standard InChI is InChI=1S/C19H17NO2S/c21-17-10-12-23-18-14(17)7-3-8-15(18)19(22)20-11-4-6-13-5-1-2-9-16(13)20/h1-3,5,7-9H,4,6,10-12H2. The molecule has 0 unspecified atom stereocenters. The monoisotopic (exact) mass is 323 g/mol. The Kier molecular flexibility index (Phi) is 3.69. The van der Waals surface area contributed by atoms with Crippen LogP contribution in [0.1, 0.15) is 39.1 Å². The number of Topliss-reactive ketones (excluding diaryl/α,β-unsaturated/α-hetero) is 1. The van der Waals surface area contributed by atoms with Gasteiger partial charge in [0.25, 0.3) is 5.91 Å². The Hall–Kier alpha value is -2.07. The summed E-state index contributed by atoms with van der Waals surface area (Å²) in [6, 6.07) is 13.6. The first-order valence-corrected chi connectivity index (χ1v) is 8.93. The number of nitrogens with zero attached hydrogens (tertiary/aromatic N) is 1. The maximum atomic E-state index is 13.1. The van der Waals surface area contributed by atoms with Crippen LogP contribution in [0.5, 0.6) is 0 Å². The van der Waals surface area contributed by atoms with Crippen molar-refractivity contribution in [1.82, 2.24) is 0 Å². The van der Waals surface area contributed by atoms with Crippen molar-refractivity contribution in [3.8, 4) is 0 Å². The summed E-state index contributed by atoms with van der Waals surface area (Å²) in [7, 11) is 0. The van der Waals surface area contributed by atoms with Crippen LogP contribution in [0.15, 0.2) is 47.4 Å². The predicted octanol–water partition coefficient (Wildman–Crippen LogP) is 3.96. The summed E-state index contributed by atoms with van der Waals surface area (Å²) in [5.41, 5.74) is 3.60. The lowest BCUT2D eigenvalue weighted by atomic mass is 9.99. The van der Waals surface area contributed by atoms with E-state index >= 15 is 0 Å². The number of hydrogen-bond acceptors (Lipinski definition) is 3. The Labute approximate surface area is 139 Å². The Balaban J connectivity index is 1.77. The molecule has 4 rings (SSSR count). The molecular formula is C19H17NO2S. The molecule has 4 heteroatoms. The number of benzene rings is 2. The molecule has 2 aliphatic rings. The zero-order valence-corrected chi connectivity index (χ0v) is 13.6. The van der Waals surface area contributed by atoms with Gasteiger partial charge in [0.05, 0.1) is 5.56 Å². The highest BCUT2D eigenvalue weighted by Gasteiger charge is 2.28. The number of thioether (sulfide) groups is 1. The highest BCUT2D eigenvalue weighted by molar-refractivity contribution is 7.99. The van der Waals surface area contributed by atoms with Crippen molar-refractivity contribution in [3.05, 3.63) is 59.2 Å². The molecule has 2 aromatic carbocycles. The van der Waals surface area contributed by atoms with E-state index in [0.717, 1.165) is 35.7 Å². The first-order chi connectivity index (χ1) is 11.3. The van der Waals surface area contributed by atoms with Crippen LogP contribution in [0.25, 0.3) is 0 Å². The SMILES string of the molecule is O=C1CCSc2c1cccc2C(=O)N1CCCc2ccccc21. The van der Waals surface area contributed by atoms with E-state index in [1.54, 1.807) is 11.8 Å². The van der Waals surface area contributed by atoms with Gasteiger partial charge in [-0.3, -0.25) is 9.59 Å². The molecule has 23 heavy (non-hydrogen) atoms. The van der Waals surface area contributed by atoms with Gasteiger partial charge in [-0.05, 0) is 30.5 Å². The number of carbonyl (C=O) groups excluding carboxylic acids is 2. The molecule has 0 aromatic heterocycles. The van der Waals surface area contributed by atoms with Gasteiger partial charge in [-0.15, -0.1) is 11.8 Å². The number of anilines is 1. The summed E-state index contributed by atoms with van der Waals surface area (Å²) in [4.78, 5) is 28.0. The normalized spacial score (nSPS) is 16.7. The van der Waals surface area contributed by atoms with Gasteiger partial charge < -0.3 is 4.90 Å². The molecule has 116 valence electrons. The minimum atomic E-state index is 0.0104. The average molecular weight is 323 g/mol. The smallest absolute Gasteiger partial charge is 0.259 e. The molecule has 0 bridgehead atoms. The quantitative estimate of drug-likeness (QED) is 0.797. The molecule has 0 aliphatic carbocycles. The Morgan fingerprint density at radius 2 is 1.91 bits per heavy atom. The zero-order chi connectivity index (χ0) is 15.8. The number of rotatable bonds is 1. The molecule has 1 amide bonds. The van der Waals surface area contributed by atoms with Crippen LogP contribution in [0.4, 0.5) is 5.69 Å². The third-order valence-electron chi connectivity index (χ3n) is 4.48. The van der Waals surface area contributed by atoms with E-state index in [2.05, 4.69) is 6.07 Å². The second-order valence-electron chi connectivity index (χ2n) is 5.89. The highest BCUT2D eigenvalue weighted by atomic mass is 32.2. The van der Waals surface area contributed by atoms with Crippen molar-refractivity contribution >= 4 is 29.1 Å². The zero-order valence-electron chi connectivity index (χ0n) is 12.7. The maximum absolute atomic E-state index is 13.1. The minimum absolute atomic E-state index is 0.0104. The lowest BCUT2D eigenvalue weighted by Crippen LogP contribution is -2.36. The molecular weight excluding hydrogens is 306 g/mol. The van der Waals surface area contributed by atoms with Gasteiger partial charge in [0.2, 0.25) is 0 Å². The molecule has 0 saturated carbocycles. The lowest BCUT2D eigenvalue weighted by molar-refractivity contribution is 0.0980. The summed E-state index contributed by atoms with van der Waals surface area (Å²) in [6.07, 6.45) is 2.55. The Bertz CT molecular complexity index is 800. The van der Waals surface area contributed by atoms with E-state index in [9.17, 15) is 9.59 Å². The maximum Gasteiger partial charge on any atom is 0.259 e. The van der Waals surface area contributed by atoms with Gasteiger partial charge in [0, 0.05) is 34.9 Å². The second-order valence-corrected chi connectivity index (χ2v) is 7.00. The van der Waals surface area contributed by atoms with Crippen molar-refractivity contribution in [3.63, 3.8) is 0 Å². The largest absolute Gasteiger partial charge is 0.308 e. The fourth-order valence-electron chi connectivity index (χ4n) is 3.35. The number of aryl methyl sites for hydroxylation is 1. The third-order valence-corrected chi connectivity index (χ3v) is 5.61. The van der Waals surface area contributed by atoms with Gasteiger partial charge in [-0.1, -0.05) is 30.3 Å². The summed E-state index contributed by atoms with van der Waals surface area (Å²) in [5, 5.41) is 0. The molecule has 0 atom stereocenters. The molecule has 0 radical (unpaired) electrons. The summed E-state index contributed by atoms with van der Waals surface area (Å²) in [5.74, 6) is 0.913. The number of amides is 1. The second kappa shape index (κ2) is 5.85. The van der Waals surface area contributed by atoms with Gasteiger partial charge in [0.1, 0.15) is 0 Å². The van der Waals surface area contributed by atoms with Crippen molar-refractivity contribution in [2.24, 2.45) is 0 Å². The molecule has 2 aromatic rings. The van der Waals surface area contributed by atoms with Crippen LogP contribution in [-0.4, -0.2) is 24.0 Å². The van der Waals surface area contributed by atoms with Gasteiger partial charge in [-0.2, -0.15) is 0 Å². The first kappa shape index (κ1) is 14.5. The van der Waals surface area contributed by atoms with E-state index in [1.807, 2.05) is 41.3 Å². The van der Waals surface area contributed by atoms with Crippen LogP contribution in [-0.2, 0) is 6.42 Å². The number of hydrogen-bond donors (Lipinski definition) is 0. The summed E-state index contributed by atoms with van der Waals surface area (Å²) in [6.45, 7) is 0.734. The number of para-hydroxylation sites is 1. The number of ketones is 1. The highest BCUT2D eigenvalue weighted by Crippen LogP contribution is 2.35. The van der Waals surface area contributed by atoms with E-state index in [-0.39, 0.29) is 11.7 Å². The van der Waals surface area contributed by atoms with E-state index < -0.39 is 0 Å². The van der Waals surface area contributed by atoms with Crippen molar-refractivity contribution in [2.75, 3.05) is 17.2 Å². The van der Waals surface area contributed by atoms with Crippen LogP contribution < -0.4 is 4.90 Å². The lowest BCUT2D eigenvalue weighted by Gasteiger charge is -2.30. The molecule has 0 spiro atoms. The topological polar surface area (TPSA) is 37.4 Å². The Morgan fingerprint density at radius 1 is 1.04 bits per heavy atom. The van der Waals surface area contributed by atoms with E-state index in [1.165, 1.54) is 5.56 Å². The third kappa shape index (κ3) is 2.47. The van der Waals surface area contributed by atoms with E-state index in [4.69, 9.17) is 0 Å². The molecule has 0 N–H and O–H groups in total. The van der Waals surface area contributed by atoms with Crippen LogP contribution >= 0.6 is 11.8 Å². The van der Waals surface area contributed by atoms with Gasteiger partial charge in [-0.25, -0.2) is 0 Å². The van der Waals surface area contributed by atoms with Gasteiger partial charge in [0.15, 0.2) is 5.78 Å². The average Bonchev–Trinajstić information content (AvgIpc) is 2.60. The van der Waals surface area contributed by atoms with Crippen molar-refractivity contribution in [2.45, 2.75) is 24.2 Å². The van der Waals surface area contributed by atoms with Crippen molar-refractivity contribution in [1.29, 1.82) is 0 Å². The molecule has 2 aliphatic heterocycles. The van der Waals surface area contributed by atoms with Crippen LogP contribution in [0.3, 0.4) is 0 Å². The number of carbonyl (C=O) groups is 2. The van der Waals surface area contributed by atoms with Crippen LogP contribution in [0, 0.1) is 0 Å².